The van der Waals surface area contributed by atoms with Gasteiger partial charge in [-0.15, -0.1) is 0 Å². The van der Waals surface area contributed by atoms with Gasteiger partial charge < -0.3 is 10.6 Å². The Bertz CT molecular complexity index is 494. The number of halogens is 2. The molecule has 0 aliphatic rings. The van der Waals surface area contributed by atoms with Crippen LogP contribution in [0, 0.1) is 21.7 Å². The lowest BCUT2D eigenvalue weighted by Gasteiger charge is -2.11. The number of anilines is 1. The van der Waals surface area contributed by atoms with Crippen LogP contribution in [0.1, 0.15) is 6.92 Å². The van der Waals surface area contributed by atoms with Crippen LogP contribution in [0.25, 0.3) is 0 Å². The first-order valence-corrected chi connectivity index (χ1v) is 4.98. The molecule has 1 aromatic rings. The van der Waals surface area contributed by atoms with Gasteiger partial charge in [0.15, 0.2) is 0 Å². The second kappa shape index (κ2) is 5.50. The molecule has 0 aliphatic heterocycles. The number of nitro groups is 1. The normalized spacial score (nSPS) is 12.0. The molecule has 1 unspecified atom stereocenters. The molecule has 0 radical (unpaired) electrons. The zero-order valence-corrected chi connectivity index (χ0v) is 9.66. The highest BCUT2D eigenvalue weighted by Crippen LogP contribution is 2.25. The Hall–Kier alpha value is -2.09. The summed E-state index contributed by atoms with van der Waals surface area (Å²) in [5, 5.41) is 15.2. The van der Waals surface area contributed by atoms with Gasteiger partial charge in [0.25, 0.3) is 0 Å². The van der Waals surface area contributed by atoms with Crippen molar-refractivity contribution in [2.24, 2.45) is 0 Å². The molecule has 6 nitrogen and oxygen atoms in total. The molecule has 1 amide bonds. The summed E-state index contributed by atoms with van der Waals surface area (Å²) in [5.74, 6) is -2.95. The van der Waals surface area contributed by atoms with Crippen molar-refractivity contribution in [1.82, 2.24) is 5.32 Å². The first-order valence-electron chi connectivity index (χ1n) is 4.98. The van der Waals surface area contributed by atoms with Crippen LogP contribution in [0.3, 0.4) is 0 Å². The number of benzene rings is 1. The lowest BCUT2D eigenvalue weighted by atomic mass is 10.2. The van der Waals surface area contributed by atoms with E-state index in [1.54, 1.807) is 0 Å². The fourth-order valence-electron chi connectivity index (χ4n) is 1.15. The first-order chi connectivity index (χ1) is 8.36. The van der Waals surface area contributed by atoms with Gasteiger partial charge >= 0.3 is 5.69 Å². The van der Waals surface area contributed by atoms with Crippen LogP contribution in [0.15, 0.2) is 12.1 Å². The van der Waals surface area contributed by atoms with Crippen molar-refractivity contribution in [2.75, 3.05) is 12.4 Å². The maximum atomic E-state index is 13.3. The Morgan fingerprint density at radius 3 is 2.50 bits per heavy atom. The highest BCUT2D eigenvalue weighted by molar-refractivity contribution is 5.94. The van der Waals surface area contributed by atoms with Gasteiger partial charge in [0.2, 0.25) is 11.7 Å². The molecule has 0 saturated carbocycles. The van der Waals surface area contributed by atoms with E-state index < -0.39 is 39.9 Å². The lowest BCUT2D eigenvalue weighted by Crippen LogP contribution is -2.35. The molecule has 98 valence electrons. The summed E-state index contributed by atoms with van der Waals surface area (Å²) in [4.78, 5) is 20.9. The molecule has 0 heterocycles. The topological polar surface area (TPSA) is 84.3 Å². The molecular weight excluding hydrogens is 248 g/mol. The molecule has 18 heavy (non-hydrogen) atoms. The third kappa shape index (κ3) is 2.98. The number of likely N-dealkylation sites (N-methyl/N-ethyl adjacent to an activating group) is 1. The summed E-state index contributed by atoms with van der Waals surface area (Å²) < 4.78 is 26.4. The summed E-state index contributed by atoms with van der Waals surface area (Å²) in [5.41, 5.74) is -1.33. The van der Waals surface area contributed by atoms with Crippen LogP contribution < -0.4 is 10.6 Å². The van der Waals surface area contributed by atoms with Gasteiger partial charge in [-0.2, -0.15) is 4.39 Å². The molecule has 0 fully saturated rings. The van der Waals surface area contributed by atoms with Crippen molar-refractivity contribution in [3.05, 3.63) is 33.9 Å². The van der Waals surface area contributed by atoms with Crippen LogP contribution in [-0.2, 0) is 4.79 Å². The Morgan fingerprint density at radius 2 is 2.00 bits per heavy atom. The molecule has 2 N–H and O–H groups in total. The predicted molar refractivity (Wildman–Crippen MR) is 60.2 cm³/mol. The standard InChI is InChI=1S/C10H11F2N3O3/c1-5(13-2)10(16)14-8-4-9(15(17)18)7(12)3-6(8)11/h3-5,13H,1-2H3,(H,14,16). The van der Waals surface area contributed by atoms with Crippen molar-refractivity contribution in [1.29, 1.82) is 0 Å². The van der Waals surface area contributed by atoms with Crippen molar-refractivity contribution >= 4 is 17.3 Å². The molecule has 0 aliphatic carbocycles. The number of rotatable bonds is 4. The molecule has 1 atom stereocenters. The zero-order chi connectivity index (χ0) is 13.9. The van der Waals surface area contributed by atoms with Gasteiger partial charge in [-0.3, -0.25) is 14.9 Å². The fraction of sp³-hybridized carbons (Fsp3) is 0.300. The van der Waals surface area contributed by atoms with E-state index in [2.05, 4.69) is 10.6 Å². The Balaban J connectivity index is 3.06. The molecule has 0 bridgehead atoms. The second-order valence-electron chi connectivity index (χ2n) is 3.54. The molecular formula is C10H11F2N3O3. The van der Waals surface area contributed by atoms with E-state index in [0.717, 1.165) is 0 Å². The van der Waals surface area contributed by atoms with Crippen LogP contribution in [-0.4, -0.2) is 23.9 Å². The van der Waals surface area contributed by atoms with E-state index in [4.69, 9.17) is 0 Å². The number of hydrogen-bond donors (Lipinski definition) is 2. The second-order valence-corrected chi connectivity index (χ2v) is 3.54. The smallest absolute Gasteiger partial charge is 0.307 e. The van der Waals surface area contributed by atoms with Gasteiger partial charge in [0.05, 0.1) is 16.7 Å². The summed E-state index contributed by atoms with van der Waals surface area (Å²) >= 11 is 0. The Labute approximate surface area is 101 Å². The number of carbonyl (C=O) groups excluding carboxylic acids is 1. The minimum atomic E-state index is -1.29. The number of nitrogens with zero attached hydrogens (tertiary/aromatic N) is 1. The van der Waals surface area contributed by atoms with E-state index in [-0.39, 0.29) is 0 Å². The van der Waals surface area contributed by atoms with E-state index >= 15 is 0 Å². The molecule has 0 aromatic heterocycles. The van der Waals surface area contributed by atoms with Crippen LogP contribution >= 0.6 is 0 Å². The number of nitro benzene ring substituents is 1. The Kier molecular flexibility index (Phi) is 4.27. The lowest BCUT2D eigenvalue weighted by molar-refractivity contribution is -0.387. The highest BCUT2D eigenvalue weighted by Gasteiger charge is 2.20. The number of carbonyl (C=O) groups is 1. The van der Waals surface area contributed by atoms with Gasteiger partial charge in [0.1, 0.15) is 5.82 Å². The van der Waals surface area contributed by atoms with Crippen molar-refractivity contribution < 1.29 is 18.5 Å². The predicted octanol–water partition coefficient (Wildman–Crippen LogP) is 1.42. The van der Waals surface area contributed by atoms with Crippen LogP contribution in [0.2, 0.25) is 0 Å². The van der Waals surface area contributed by atoms with E-state index in [9.17, 15) is 23.7 Å². The SMILES string of the molecule is CNC(C)C(=O)Nc1cc([N+](=O)[O-])c(F)cc1F. The summed E-state index contributed by atoms with van der Waals surface area (Å²) in [6.45, 7) is 1.52. The summed E-state index contributed by atoms with van der Waals surface area (Å²) in [7, 11) is 1.52. The fourth-order valence-corrected chi connectivity index (χ4v) is 1.15. The number of amides is 1. The summed E-state index contributed by atoms with van der Waals surface area (Å²) in [6, 6.07) is 0.386. The average molecular weight is 259 g/mol. The number of nitrogens with one attached hydrogen (secondary N) is 2. The van der Waals surface area contributed by atoms with Gasteiger partial charge in [-0.05, 0) is 14.0 Å². The monoisotopic (exact) mass is 259 g/mol. The highest BCUT2D eigenvalue weighted by atomic mass is 19.1. The van der Waals surface area contributed by atoms with Crippen molar-refractivity contribution in [3.8, 4) is 0 Å². The zero-order valence-electron chi connectivity index (χ0n) is 9.66. The minimum Gasteiger partial charge on any atom is -0.322 e. The third-order valence-electron chi connectivity index (χ3n) is 2.32. The quantitative estimate of drug-likeness (QED) is 0.632. The van der Waals surface area contributed by atoms with E-state index in [1.807, 2.05) is 0 Å². The van der Waals surface area contributed by atoms with Gasteiger partial charge in [-0.25, -0.2) is 4.39 Å². The minimum absolute atomic E-state index is 0.359. The molecule has 1 aromatic carbocycles. The average Bonchev–Trinajstić information content (AvgIpc) is 2.30. The van der Waals surface area contributed by atoms with Gasteiger partial charge in [-0.1, -0.05) is 0 Å². The Morgan fingerprint density at radius 1 is 1.39 bits per heavy atom. The van der Waals surface area contributed by atoms with E-state index in [1.165, 1.54) is 14.0 Å². The maximum absolute atomic E-state index is 13.3. The molecule has 0 spiro atoms. The molecule has 8 heteroatoms. The van der Waals surface area contributed by atoms with Crippen molar-refractivity contribution in [3.63, 3.8) is 0 Å². The van der Waals surface area contributed by atoms with Crippen LogP contribution in [0.4, 0.5) is 20.2 Å². The molecule has 0 saturated heterocycles. The van der Waals surface area contributed by atoms with Crippen molar-refractivity contribution in [2.45, 2.75) is 13.0 Å². The number of hydrogen-bond acceptors (Lipinski definition) is 4. The maximum Gasteiger partial charge on any atom is 0.307 e. The third-order valence-corrected chi connectivity index (χ3v) is 2.32. The largest absolute Gasteiger partial charge is 0.322 e. The molecule has 1 rings (SSSR count). The first kappa shape index (κ1) is 14.0. The van der Waals surface area contributed by atoms with Crippen LogP contribution in [0.5, 0.6) is 0 Å². The summed E-state index contributed by atoms with van der Waals surface area (Å²) in [6.07, 6.45) is 0. The van der Waals surface area contributed by atoms with Gasteiger partial charge in [0, 0.05) is 12.1 Å². The van der Waals surface area contributed by atoms with E-state index in [0.29, 0.717) is 12.1 Å².